The normalized spacial score (nSPS) is 15.9. The maximum Gasteiger partial charge on any atom is 0.265 e. The van der Waals surface area contributed by atoms with Crippen LogP contribution in [-0.2, 0) is 24.8 Å². The average Bonchev–Trinajstić information content (AvgIpc) is 2.69. The highest BCUT2D eigenvalue weighted by molar-refractivity contribution is 9.10. The van der Waals surface area contributed by atoms with E-state index < -0.39 is 20.0 Å². The number of methoxy groups -OCH3 is 1. The number of rotatable bonds is 6. The number of morpholine rings is 1. The lowest BCUT2D eigenvalue weighted by molar-refractivity contribution is 0.0730. The van der Waals surface area contributed by atoms with E-state index >= 15 is 0 Å². The first-order chi connectivity index (χ1) is 13.2. The molecule has 1 aliphatic rings. The van der Waals surface area contributed by atoms with Crippen LogP contribution >= 0.6 is 15.9 Å². The van der Waals surface area contributed by atoms with Gasteiger partial charge >= 0.3 is 0 Å². The maximum atomic E-state index is 12.7. The van der Waals surface area contributed by atoms with Crippen LogP contribution in [0.25, 0.3) is 0 Å². The van der Waals surface area contributed by atoms with Gasteiger partial charge in [-0.2, -0.15) is 4.31 Å². The first kappa shape index (κ1) is 21.1. The van der Waals surface area contributed by atoms with E-state index in [4.69, 9.17) is 9.47 Å². The van der Waals surface area contributed by atoms with Gasteiger partial charge in [0.15, 0.2) is 0 Å². The number of benzene rings is 2. The van der Waals surface area contributed by atoms with Crippen LogP contribution in [0.1, 0.15) is 0 Å². The molecule has 1 aliphatic heterocycles. The second-order valence-corrected chi connectivity index (χ2v) is 10.4. The van der Waals surface area contributed by atoms with Gasteiger partial charge in [0.2, 0.25) is 10.0 Å². The van der Waals surface area contributed by atoms with Crippen LogP contribution in [0.2, 0.25) is 0 Å². The first-order valence-corrected chi connectivity index (χ1v) is 12.0. The first-order valence-electron chi connectivity index (χ1n) is 8.28. The zero-order valence-corrected chi connectivity index (χ0v) is 18.2. The third-order valence-electron chi connectivity index (χ3n) is 4.13. The molecule has 0 saturated carbocycles. The zero-order valence-electron chi connectivity index (χ0n) is 15.0. The highest BCUT2D eigenvalue weighted by Gasteiger charge is 2.26. The predicted octanol–water partition coefficient (Wildman–Crippen LogP) is 2.28. The summed E-state index contributed by atoms with van der Waals surface area (Å²) in [5.41, 5.74) is 0.239. The van der Waals surface area contributed by atoms with Crippen molar-refractivity contribution in [1.82, 2.24) is 4.31 Å². The van der Waals surface area contributed by atoms with Crippen LogP contribution in [0.15, 0.2) is 56.7 Å². The topological polar surface area (TPSA) is 102 Å². The zero-order chi connectivity index (χ0) is 20.4. The van der Waals surface area contributed by atoms with Gasteiger partial charge < -0.3 is 9.47 Å². The molecule has 2 aromatic carbocycles. The van der Waals surface area contributed by atoms with Gasteiger partial charge in [0.25, 0.3) is 10.0 Å². The molecule has 1 heterocycles. The minimum Gasteiger partial charge on any atom is -0.495 e. The fraction of sp³-hybridized carbons (Fsp3) is 0.294. The van der Waals surface area contributed by atoms with E-state index in [0.717, 1.165) is 0 Å². The monoisotopic (exact) mass is 490 g/mol. The van der Waals surface area contributed by atoms with Gasteiger partial charge in [0.05, 0.1) is 25.2 Å². The Morgan fingerprint density at radius 3 is 2.29 bits per heavy atom. The van der Waals surface area contributed by atoms with Gasteiger partial charge in [-0.3, -0.25) is 4.72 Å². The Labute approximate surface area is 172 Å². The van der Waals surface area contributed by atoms with Crippen LogP contribution in [-0.4, -0.2) is 54.6 Å². The number of hydrogen-bond acceptors (Lipinski definition) is 6. The predicted molar refractivity (Wildman–Crippen MR) is 108 cm³/mol. The third-order valence-corrected chi connectivity index (χ3v) is 7.94. The summed E-state index contributed by atoms with van der Waals surface area (Å²) in [6, 6.07) is 10.2. The smallest absolute Gasteiger partial charge is 0.265 e. The molecule has 1 N–H and O–H groups in total. The number of sulfonamides is 2. The number of ether oxygens (including phenoxy) is 2. The molecule has 8 nitrogen and oxygen atoms in total. The average molecular weight is 491 g/mol. The molecule has 0 radical (unpaired) electrons. The van der Waals surface area contributed by atoms with Gasteiger partial charge in [-0.1, -0.05) is 15.9 Å². The minimum atomic E-state index is -3.93. The Hall–Kier alpha value is -1.66. The number of halogens is 1. The summed E-state index contributed by atoms with van der Waals surface area (Å²) in [7, 11) is -6.19. The van der Waals surface area contributed by atoms with Gasteiger partial charge in [0, 0.05) is 23.2 Å². The van der Waals surface area contributed by atoms with Crippen molar-refractivity contribution in [2.45, 2.75) is 9.79 Å². The Balaban J connectivity index is 1.83. The quantitative estimate of drug-likeness (QED) is 0.666. The van der Waals surface area contributed by atoms with E-state index in [1.54, 1.807) is 6.07 Å². The molecule has 1 fully saturated rings. The molecule has 0 aromatic heterocycles. The molecule has 0 aliphatic carbocycles. The summed E-state index contributed by atoms with van der Waals surface area (Å²) in [5, 5.41) is 0. The van der Waals surface area contributed by atoms with E-state index in [0.29, 0.717) is 30.8 Å². The lowest BCUT2D eigenvalue weighted by Crippen LogP contribution is -2.40. The van der Waals surface area contributed by atoms with Crippen molar-refractivity contribution in [3.8, 4) is 5.75 Å². The standard InChI is InChI=1S/C17H19BrN2O6S2/c1-25-16-7-2-13(18)12-17(16)27(21,22)19-14-3-5-15(6-4-14)28(23,24)20-8-10-26-11-9-20/h2-7,12,19H,8-11H2,1H3. The fourth-order valence-corrected chi connectivity index (χ4v) is 5.88. The molecule has 28 heavy (non-hydrogen) atoms. The van der Waals surface area contributed by atoms with Crippen molar-refractivity contribution in [2.75, 3.05) is 38.1 Å². The number of anilines is 1. The molecule has 0 spiro atoms. The lowest BCUT2D eigenvalue weighted by atomic mass is 10.3. The molecule has 152 valence electrons. The van der Waals surface area contributed by atoms with Crippen LogP contribution in [0.4, 0.5) is 5.69 Å². The second-order valence-electron chi connectivity index (χ2n) is 5.94. The number of nitrogens with one attached hydrogen (secondary N) is 1. The molecule has 2 aromatic rings. The Kier molecular flexibility index (Phi) is 6.30. The van der Waals surface area contributed by atoms with Gasteiger partial charge in [-0.05, 0) is 42.5 Å². The van der Waals surface area contributed by atoms with E-state index in [1.165, 1.54) is 47.8 Å². The summed E-state index contributed by atoms with van der Waals surface area (Å²) < 4.78 is 65.4. The molecular formula is C17H19BrN2O6S2. The largest absolute Gasteiger partial charge is 0.495 e. The fourth-order valence-electron chi connectivity index (χ4n) is 2.70. The molecule has 1 saturated heterocycles. The van der Waals surface area contributed by atoms with E-state index in [9.17, 15) is 16.8 Å². The number of nitrogens with zero attached hydrogens (tertiary/aromatic N) is 1. The second kappa shape index (κ2) is 8.37. The highest BCUT2D eigenvalue weighted by atomic mass is 79.9. The molecule has 0 amide bonds. The minimum absolute atomic E-state index is 0.0330. The van der Waals surface area contributed by atoms with Crippen LogP contribution in [0.5, 0.6) is 5.75 Å². The van der Waals surface area contributed by atoms with Crippen LogP contribution in [0, 0.1) is 0 Å². The SMILES string of the molecule is COc1ccc(Br)cc1S(=O)(=O)Nc1ccc(S(=O)(=O)N2CCOCC2)cc1. The van der Waals surface area contributed by atoms with E-state index in [1.807, 2.05) is 0 Å². The van der Waals surface area contributed by atoms with Crippen molar-refractivity contribution in [2.24, 2.45) is 0 Å². The molecule has 0 unspecified atom stereocenters. The maximum absolute atomic E-state index is 12.7. The summed E-state index contributed by atoms with van der Waals surface area (Å²) >= 11 is 3.24. The van der Waals surface area contributed by atoms with Gasteiger partial charge in [-0.25, -0.2) is 16.8 Å². The van der Waals surface area contributed by atoms with Crippen molar-refractivity contribution in [3.05, 3.63) is 46.9 Å². The molecule has 3 rings (SSSR count). The highest BCUT2D eigenvalue weighted by Crippen LogP contribution is 2.29. The van der Waals surface area contributed by atoms with E-state index in [2.05, 4.69) is 20.7 Å². The lowest BCUT2D eigenvalue weighted by Gasteiger charge is -2.26. The Bertz CT molecular complexity index is 1050. The molecule has 0 bridgehead atoms. The summed E-state index contributed by atoms with van der Waals surface area (Å²) in [6.07, 6.45) is 0. The van der Waals surface area contributed by atoms with Gasteiger partial charge in [-0.15, -0.1) is 0 Å². The molecular weight excluding hydrogens is 472 g/mol. The number of hydrogen-bond donors (Lipinski definition) is 1. The third kappa shape index (κ3) is 4.49. The summed E-state index contributed by atoms with van der Waals surface area (Å²) in [5.74, 6) is 0.196. The Morgan fingerprint density at radius 2 is 1.68 bits per heavy atom. The van der Waals surface area contributed by atoms with Crippen molar-refractivity contribution in [1.29, 1.82) is 0 Å². The summed E-state index contributed by atoms with van der Waals surface area (Å²) in [6.45, 7) is 1.29. The van der Waals surface area contributed by atoms with E-state index in [-0.39, 0.29) is 21.2 Å². The summed E-state index contributed by atoms with van der Waals surface area (Å²) in [4.78, 5) is 0.0618. The van der Waals surface area contributed by atoms with Crippen LogP contribution < -0.4 is 9.46 Å². The van der Waals surface area contributed by atoms with Crippen molar-refractivity contribution in [3.63, 3.8) is 0 Å². The van der Waals surface area contributed by atoms with Crippen LogP contribution in [0.3, 0.4) is 0 Å². The molecule has 0 atom stereocenters. The van der Waals surface area contributed by atoms with Crippen molar-refractivity contribution >= 4 is 41.7 Å². The van der Waals surface area contributed by atoms with Crippen molar-refractivity contribution < 1.29 is 26.3 Å². The van der Waals surface area contributed by atoms with Gasteiger partial charge in [0.1, 0.15) is 10.6 Å². The molecule has 11 heteroatoms. The Morgan fingerprint density at radius 1 is 1.04 bits per heavy atom.